The highest BCUT2D eigenvalue weighted by Gasteiger charge is 2.28. The zero-order valence-corrected chi connectivity index (χ0v) is 18.8. The number of ether oxygens (including phenoxy) is 1. The van der Waals surface area contributed by atoms with Crippen molar-refractivity contribution in [2.24, 2.45) is 0 Å². The molecule has 1 amide bonds. The molecule has 4 N–H and O–H groups in total. The quantitative estimate of drug-likeness (QED) is 0.500. The Hall–Kier alpha value is -3.56. The molecule has 2 atom stereocenters. The largest absolute Gasteiger partial charge is 0.489 e. The molecule has 0 aliphatic heterocycles. The highest BCUT2D eigenvalue weighted by Crippen LogP contribution is 2.30. The number of hydrogen-bond acceptors (Lipinski definition) is 6. The monoisotopic (exact) mass is 444 g/mol. The first-order valence-electron chi connectivity index (χ1n) is 10.3. The molecule has 3 aromatic rings. The van der Waals surface area contributed by atoms with Gasteiger partial charge in [0.05, 0.1) is 24.5 Å². The van der Waals surface area contributed by atoms with Crippen LogP contribution in [0.1, 0.15) is 46.2 Å². The number of aromatic nitrogens is 3. The number of hydrogen-bond donors (Lipinski definition) is 3. The molecule has 0 spiro atoms. The van der Waals surface area contributed by atoms with Crippen molar-refractivity contribution in [2.75, 3.05) is 17.6 Å². The Labute approximate surface area is 186 Å². The van der Waals surface area contributed by atoms with Gasteiger partial charge >= 0.3 is 6.09 Å². The molecule has 2 heterocycles. The second kappa shape index (κ2) is 8.89. The number of nitrogens with two attached hydrogens (primary N) is 1. The Morgan fingerprint density at radius 1 is 1.34 bits per heavy atom. The van der Waals surface area contributed by atoms with Crippen molar-refractivity contribution in [3.05, 3.63) is 48.0 Å². The molecule has 0 fully saturated rings. The molecule has 2 aromatic heterocycles. The predicted octanol–water partition coefficient (Wildman–Crippen LogP) is 4.17. The number of nitrogens with zero attached hydrogens (tertiary/aromatic N) is 4. The smallest absolute Gasteiger partial charge is 0.407 e. The molecule has 172 valence electrons. The lowest BCUT2D eigenvalue weighted by Crippen LogP contribution is -2.49. The van der Waals surface area contributed by atoms with Gasteiger partial charge in [0.15, 0.2) is 5.65 Å². The summed E-state index contributed by atoms with van der Waals surface area (Å²) in [6.07, 6.45) is 1.77. The summed E-state index contributed by atoms with van der Waals surface area (Å²) in [6.45, 7) is 9.26. The van der Waals surface area contributed by atoms with Crippen LogP contribution in [0.3, 0.4) is 0 Å². The van der Waals surface area contributed by atoms with Gasteiger partial charge in [-0.1, -0.05) is 0 Å². The summed E-state index contributed by atoms with van der Waals surface area (Å²) in [5, 5.41) is 16.9. The Bertz CT molecular complexity index is 1110. The van der Waals surface area contributed by atoms with Gasteiger partial charge in [0.1, 0.15) is 23.5 Å². The van der Waals surface area contributed by atoms with Crippen molar-refractivity contribution < 1.29 is 19.0 Å². The molecular weight excluding hydrogens is 415 g/mol. The highest BCUT2D eigenvalue weighted by atomic mass is 19.1. The highest BCUT2D eigenvalue weighted by molar-refractivity contribution is 5.66. The molecule has 0 bridgehead atoms. The number of rotatable bonds is 7. The maximum Gasteiger partial charge on any atom is 0.407 e. The van der Waals surface area contributed by atoms with Crippen LogP contribution in [0.25, 0.3) is 5.65 Å². The van der Waals surface area contributed by atoms with Crippen LogP contribution in [0, 0.1) is 5.82 Å². The number of halogens is 1. The number of amides is 1. The summed E-state index contributed by atoms with van der Waals surface area (Å²) in [7, 11) is 0. The number of anilines is 2. The van der Waals surface area contributed by atoms with Gasteiger partial charge in [-0.3, -0.25) is 4.90 Å². The summed E-state index contributed by atoms with van der Waals surface area (Å²) >= 11 is 0. The first-order valence-corrected chi connectivity index (χ1v) is 10.3. The maximum absolute atomic E-state index is 14.1. The van der Waals surface area contributed by atoms with Gasteiger partial charge in [-0.15, -0.1) is 0 Å². The minimum absolute atomic E-state index is 0.163. The number of nitrogen functional groups attached to an aromatic ring is 1. The summed E-state index contributed by atoms with van der Waals surface area (Å²) in [5.41, 5.74) is 6.86. The lowest BCUT2D eigenvalue weighted by atomic mass is 10.1. The molecule has 0 radical (unpaired) electrons. The van der Waals surface area contributed by atoms with E-state index in [0.717, 1.165) is 0 Å². The fraction of sp³-hybridized carbons (Fsp3) is 0.409. The van der Waals surface area contributed by atoms with Gasteiger partial charge in [0, 0.05) is 17.3 Å². The Morgan fingerprint density at radius 2 is 2.06 bits per heavy atom. The van der Waals surface area contributed by atoms with Crippen LogP contribution in [-0.2, 0) is 0 Å². The first-order chi connectivity index (χ1) is 15.0. The van der Waals surface area contributed by atoms with Gasteiger partial charge in [-0.05, 0) is 58.9 Å². The van der Waals surface area contributed by atoms with E-state index in [4.69, 9.17) is 10.5 Å². The summed E-state index contributed by atoms with van der Waals surface area (Å²) in [6, 6.07) is 5.64. The molecule has 10 heteroatoms. The first kappa shape index (κ1) is 23.1. The van der Waals surface area contributed by atoms with E-state index in [0.29, 0.717) is 28.5 Å². The van der Waals surface area contributed by atoms with Crippen molar-refractivity contribution in [1.29, 1.82) is 0 Å². The van der Waals surface area contributed by atoms with Gasteiger partial charge in [0.2, 0.25) is 0 Å². The van der Waals surface area contributed by atoms with Crippen LogP contribution in [-0.4, -0.2) is 48.9 Å². The van der Waals surface area contributed by atoms with E-state index < -0.39 is 23.6 Å². The van der Waals surface area contributed by atoms with Crippen molar-refractivity contribution in [2.45, 2.75) is 52.3 Å². The van der Waals surface area contributed by atoms with Crippen molar-refractivity contribution in [1.82, 2.24) is 19.5 Å². The van der Waals surface area contributed by atoms with E-state index in [-0.39, 0.29) is 12.6 Å². The molecule has 1 aromatic carbocycles. The molecule has 3 rings (SSSR count). The van der Waals surface area contributed by atoms with Crippen LogP contribution >= 0.6 is 0 Å². The number of nitrogens with one attached hydrogen (secondary N) is 1. The second-order valence-electron chi connectivity index (χ2n) is 8.72. The van der Waals surface area contributed by atoms with Crippen molar-refractivity contribution in [3.63, 3.8) is 0 Å². The van der Waals surface area contributed by atoms with Gasteiger partial charge in [-0.2, -0.15) is 5.10 Å². The molecule has 0 unspecified atom stereocenters. The summed E-state index contributed by atoms with van der Waals surface area (Å²) < 4.78 is 21.7. The van der Waals surface area contributed by atoms with Crippen LogP contribution in [0.2, 0.25) is 0 Å². The normalized spacial score (nSPS) is 13.6. The predicted molar refractivity (Wildman–Crippen MR) is 120 cm³/mol. The van der Waals surface area contributed by atoms with Crippen LogP contribution in [0.4, 0.5) is 20.7 Å². The van der Waals surface area contributed by atoms with Gasteiger partial charge < -0.3 is 20.9 Å². The number of fused-ring (bicyclic) bond motifs is 1. The van der Waals surface area contributed by atoms with Crippen LogP contribution in [0.5, 0.6) is 5.75 Å². The Kier molecular flexibility index (Phi) is 6.42. The lowest BCUT2D eigenvalue weighted by Gasteiger charge is -2.35. The van der Waals surface area contributed by atoms with E-state index in [2.05, 4.69) is 15.4 Å². The Balaban J connectivity index is 1.80. The lowest BCUT2D eigenvalue weighted by molar-refractivity contribution is 0.0693. The fourth-order valence-corrected chi connectivity index (χ4v) is 3.38. The van der Waals surface area contributed by atoms with Crippen LogP contribution in [0.15, 0.2) is 36.7 Å². The van der Waals surface area contributed by atoms with E-state index >= 15 is 0 Å². The minimum atomic E-state index is -1.03. The van der Waals surface area contributed by atoms with Gasteiger partial charge in [-0.25, -0.2) is 18.7 Å². The SMILES string of the molecule is C[C@@H](CN(C(=O)O)C(C)(C)C)Oc1ccc(F)cc1[C@@H](C)Nc1ccn2ncc(N)c2n1. The van der Waals surface area contributed by atoms with Crippen LogP contribution < -0.4 is 15.8 Å². The summed E-state index contributed by atoms with van der Waals surface area (Å²) in [4.78, 5) is 17.4. The second-order valence-corrected chi connectivity index (χ2v) is 8.72. The third-order valence-corrected chi connectivity index (χ3v) is 5.01. The topological polar surface area (TPSA) is 118 Å². The molecule has 9 nitrogen and oxygen atoms in total. The molecule has 0 saturated carbocycles. The van der Waals surface area contributed by atoms with E-state index in [9.17, 15) is 14.3 Å². The molecule has 0 saturated heterocycles. The molecule has 32 heavy (non-hydrogen) atoms. The van der Waals surface area contributed by atoms with E-state index in [1.54, 1.807) is 29.8 Å². The average Bonchev–Trinajstić information content (AvgIpc) is 3.06. The Morgan fingerprint density at radius 3 is 2.72 bits per heavy atom. The zero-order valence-electron chi connectivity index (χ0n) is 18.8. The summed E-state index contributed by atoms with van der Waals surface area (Å²) in [5.74, 6) is 0.604. The molecule has 0 aliphatic rings. The van der Waals surface area contributed by atoms with Gasteiger partial charge in [0.25, 0.3) is 0 Å². The third-order valence-electron chi connectivity index (χ3n) is 5.01. The maximum atomic E-state index is 14.1. The zero-order chi connectivity index (χ0) is 23.6. The van der Waals surface area contributed by atoms with E-state index in [1.807, 2.05) is 27.7 Å². The number of carbonyl (C=O) groups is 1. The van der Waals surface area contributed by atoms with Crippen molar-refractivity contribution >= 4 is 23.2 Å². The standard InChI is InChI=1S/C22H29FN6O3/c1-13(12-28(21(30)31)22(3,4)5)32-18-7-6-15(23)10-16(18)14(2)26-19-8-9-29-20(27-19)17(24)11-25-29/h6-11,13-14H,12,24H2,1-5H3,(H,26,27)(H,30,31)/t13-,14+/m0/s1. The number of benzene rings is 1. The third kappa shape index (κ3) is 5.19. The molecule has 0 aliphatic carbocycles. The number of carboxylic acid groups (broad SMARTS) is 1. The average molecular weight is 445 g/mol. The molecular formula is C22H29FN6O3. The fourth-order valence-electron chi connectivity index (χ4n) is 3.38. The van der Waals surface area contributed by atoms with E-state index in [1.165, 1.54) is 23.2 Å². The van der Waals surface area contributed by atoms with Crippen molar-refractivity contribution in [3.8, 4) is 5.75 Å². The minimum Gasteiger partial charge on any atom is -0.489 e.